The normalized spacial score (nSPS) is 33.7. The number of carbonyl (C=O) groups is 4. The number of ether oxygens (including phenoxy) is 2. The summed E-state index contributed by atoms with van der Waals surface area (Å²) in [5.74, 6) is -4.23. The first-order valence-corrected chi connectivity index (χ1v) is 6.18. The largest absolute Gasteiger partial charge is 0.466 e. The molecule has 0 N–H and O–H groups in total. The number of hydrogen-bond acceptors (Lipinski definition) is 6. The summed E-state index contributed by atoms with van der Waals surface area (Å²) in [5.41, 5.74) is 0.422. The Morgan fingerprint density at radius 1 is 1.00 bits per heavy atom. The zero-order valence-corrected chi connectivity index (χ0v) is 10.9. The fraction of sp³-hybridized carbons (Fsp3) is 0.429. The zero-order chi connectivity index (χ0) is 14.6. The molecule has 0 radical (unpaired) electrons. The van der Waals surface area contributed by atoms with Crippen molar-refractivity contribution in [1.29, 1.82) is 0 Å². The van der Waals surface area contributed by atoms with Crippen LogP contribution >= 0.6 is 0 Å². The second-order valence-corrected chi connectivity index (χ2v) is 5.06. The lowest BCUT2D eigenvalue weighted by Gasteiger charge is -2.23. The molecule has 0 amide bonds. The van der Waals surface area contributed by atoms with E-state index in [0.717, 1.165) is 0 Å². The number of esters is 2. The predicted molar refractivity (Wildman–Crippen MR) is 64.2 cm³/mol. The average Bonchev–Trinajstić information content (AvgIpc) is 3.05. The average molecular weight is 276 g/mol. The van der Waals surface area contributed by atoms with Gasteiger partial charge in [0, 0.05) is 28.9 Å². The lowest BCUT2D eigenvalue weighted by molar-refractivity contribution is -0.139. The van der Waals surface area contributed by atoms with E-state index >= 15 is 0 Å². The smallest absolute Gasteiger partial charge is 0.334 e. The van der Waals surface area contributed by atoms with Gasteiger partial charge in [0.1, 0.15) is 5.78 Å². The summed E-state index contributed by atoms with van der Waals surface area (Å²) in [5, 5.41) is 0. The van der Waals surface area contributed by atoms with Crippen LogP contribution in [0.3, 0.4) is 0 Å². The summed E-state index contributed by atoms with van der Waals surface area (Å²) in [6.45, 7) is 0. The Bertz CT molecular complexity index is 611. The van der Waals surface area contributed by atoms with Gasteiger partial charge >= 0.3 is 11.9 Å². The number of ketones is 2. The molecule has 3 rings (SSSR count). The number of methoxy groups -OCH3 is 2. The molecule has 104 valence electrons. The van der Waals surface area contributed by atoms with Crippen molar-refractivity contribution >= 4 is 23.5 Å². The molecule has 6 heteroatoms. The molecule has 0 spiro atoms. The number of rotatable bonds is 2. The SMILES string of the molecule is COC(=O)C1=C[C@@H]2C(=O)[C@H]1[C@H]1C(C(=O)OC)=CC(=O)[C@H]12. The third-order valence-electron chi connectivity index (χ3n) is 4.29. The Morgan fingerprint density at radius 2 is 1.60 bits per heavy atom. The minimum absolute atomic E-state index is 0.179. The van der Waals surface area contributed by atoms with Crippen LogP contribution in [0.2, 0.25) is 0 Å². The van der Waals surface area contributed by atoms with Gasteiger partial charge in [0.2, 0.25) is 0 Å². The van der Waals surface area contributed by atoms with E-state index in [-0.39, 0.29) is 22.7 Å². The summed E-state index contributed by atoms with van der Waals surface area (Å²) in [6, 6.07) is 0. The predicted octanol–water partition coefficient (Wildman–Crippen LogP) is -0.171. The van der Waals surface area contributed by atoms with Crippen LogP contribution in [-0.4, -0.2) is 37.7 Å². The van der Waals surface area contributed by atoms with Gasteiger partial charge < -0.3 is 9.47 Å². The highest BCUT2D eigenvalue weighted by molar-refractivity contribution is 6.15. The Hall–Kier alpha value is -2.24. The van der Waals surface area contributed by atoms with Gasteiger partial charge in [0.25, 0.3) is 0 Å². The Morgan fingerprint density at radius 3 is 2.20 bits per heavy atom. The molecule has 4 atom stereocenters. The molecule has 3 aliphatic carbocycles. The first-order chi connectivity index (χ1) is 9.51. The number of hydrogen-bond donors (Lipinski definition) is 0. The second-order valence-electron chi connectivity index (χ2n) is 5.06. The highest BCUT2D eigenvalue weighted by Gasteiger charge is 2.62. The molecule has 0 saturated heterocycles. The fourth-order valence-corrected chi connectivity index (χ4v) is 3.52. The number of allylic oxidation sites excluding steroid dienone is 2. The Labute approximate surface area is 114 Å². The highest BCUT2D eigenvalue weighted by atomic mass is 16.5. The van der Waals surface area contributed by atoms with Gasteiger partial charge in [0.15, 0.2) is 5.78 Å². The van der Waals surface area contributed by atoms with E-state index in [1.165, 1.54) is 26.4 Å². The van der Waals surface area contributed by atoms with Crippen molar-refractivity contribution in [3.63, 3.8) is 0 Å². The minimum Gasteiger partial charge on any atom is -0.466 e. The van der Waals surface area contributed by atoms with Crippen molar-refractivity contribution < 1.29 is 28.7 Å². The van der Waals surface area contributed by atoms with Gasteiger partial charge in [-0.05, 0) is 6.08 Å². The fourth-order valence-electron chi connectivity index (χ4n) is 3.52. The van der Waals surface area contributed by atoms with Crippen LogP contribution < -0.4 is 0 Å². The maximum atomic E-state index is 12.2. The first-order valence-electron chi connectivity index (χ1n) is 6.18. The highest BCUT2D eigenvalue weighted by Crippen LogP contribution is 2.55. The van der Waals surface area contributed by atoms with E-state index < -0.39 is 35.6 Å². The van der Waals surface area contributed by atoms with E-state index in [1.54, 1.807) is 0 Å². The molecular weight excluding hydrogens is 264 g/mol. The molecule has 0 unspecified atom stereocenters. The Kier molecular flexibility index (Phi) is 2.64. The van der Waals surface area contributed by atoms with Crippen molar-refractivity contribution in [2.45, 2.75) is 0 Å². The van der Waals surface area contributed by atoms with Gasteiger partial charge in [-0.2, -0.15) is 0 Å². The quantitative estimate of drug-likeness (QED) is 0.651. The van der Waals surface area contributed by atoms with Crippen LogP contribution in [0, 0.1) is 23.7 Å². The van der Waals surface area contributed by atoms with Crippen LogP contribution in [-0.2, 0) is 28.7 Å². The van der Waals surface area contributed by atoms with Crippen LogP contribution in [0.5, 0.6) is 0 Å². The van der Waals surface area contributed by atoms with E-state index in [4.69, 9.17) is 0 Å². The number of carbonyl (C=O) groups excluding carboxylic acids is 4. The molecule has 1 fully saturated rings. The number of fused-ring (bicyclic) bond motifs is 5. The summed E-state index contributed by atoms with van der Waals surface area (Å²) >= 11 is 0. The van der Waals surface area contributed by atoms with E-state index in [1.807, 2.05) is 0 Å². The molecule has 0 aromatic rings. The maximum absolute atomic E-state index is 12.2. The molecule has 2 bridgehead atoms. The van der Waals surface area contributed by atoms with Crippen molar-refractivity contribution in [2.75, 3.05) is 14.2 Å². The summed E-state index contributed by atoms with van der Waals surface area (Å²) in [6.07, 6.45) is 2.74. The molecule has 6 nitrogen and oxygen atoms in total. The third-order valence-corrected chi connectivity index (χ3v) is 4.29. The van der Waals surface area contributed by atoms with Crippen LogP contribution in [0.25, 0.3) is 0 Å². The molecule has 0 heterocycles. The monoisotopic (exact) mass is 276 g/mol. The molecule has 1 saturated carbocycles. The summed E-state index contributed by atoms with van der Waals surface area (Å²) < 4.78 is 9.30. The molecular formula is C14H12O6. The molecule has 3 aliphatic rings. The van der Waals surface area contributed by atoms with Crippen LogP contribution in [0.15, 0.2) is 23.3 Å². The van der Waals surface area contributed by atoms with E-state index in [0.29, 0.717) is 0 Å². The molecule has 0 aliphatic heterocycles. The summed E-state index contributed by atoms with van der Waals surface area (Å²) in [4.78, 5) is 47.7. The maximum Gasteiger partial charge on any atom is 0.334 e. The minimum atomic E-state index is -0.769. The molecule has 0 aromatic heterocycles. The van der Waals surface area contributed by atoms with Crippen molar-refractivity contribution in [3.8, 4) is 0 Å². The van der Waals surface area contributed by atoms with Crippen LogP contribution in [0.1, 0.15) is 0 Å². The van der Waals surface area contributed by atoms with E-state index in [2.05, 4.69) is 9.47 Å². The Balaban J connectivity index is 2.04. The number of Topliss-reactive ketones (excluding diaryl/α,β-unsaturated/α-hetero) is 1. The summed E-state index contributed by atoms with van der Waals surface area (Å²) in [7, 11) is 2.45. The topological polar surface area (TPSA) is 86.7 Å². The second kappa shape index (κ2) is 4.13. The van der Waals surface area contributed by atoms with Gasteiger partial charge in [-0.3, -0.25) is 9.59 Å². The molecule has 0 aromatic carbocycles. The van der Waals surface area contributed by atoms with Gasteiger partial charge in [0.05, 0.1) is 20.1 Å². The van der Waals surface area contributed by atoms with Crippen molar-refractivity contribution in [3.05, 3.63) is 23.3 Å². The lowest BCUT2D eigenvalue weighted by atomic mass is 9.78. The lowest BCUT2D eigenvalue weighted by Crippen LogP contribution is -2.29. The molecule has 20 heavy (non-hydrogen) atoms. The third kappa shape index (κ3) is 1.39. The standard InChI is InChI=1S/C14H12O6/c1-19-13(17)6-3-5-9-8(15)4-7(14(18)20-2)10(9)11(6)12(5)16/h3-5,9-11H,1-2H3/t5-,9+,10-,11+/m0/s1. The van der Waals surface area contributed by atoms with Crippen molar-refractivity contribution in [1.82, 2.24) is 0 Å². The van der Waals surface area contributed by atoms with E-state index in [9.17, 15) is 19.2 Å². The van der Waals surface area contributed by atoms with Crippen molar-refractivity contribution in [2.24, 2.45) is 23.7 Å². The van der Waals surface area contributed by atoms with Crippen LogP contribution in [0.4, 0.5) is 0 Å². The van der Waals surface area contributed by atoms with Gasteiger partial charge in [-0.1, -0.05) is 6.08 Å². The van der Waals surface area contributed by atoms with Gasteiger partial charge in [-0.25, -0.2) is 9.59 Å². The first kappa shape index (κ1) is 12.8. The zero-order valence-electron chi connectivity index (χ0n) is 10.9. The van der Waals surface area contributed by atoms with Gasteiger partial charge in [-0.15, -0.1) is 0 Å².